The molecule has 1 aromatic carbocycles. The number of aromatic nitrogens is 3. The van der Waals surface area contributed by atoms with E-state index in [2.05, 4.69) is 15.4 Å². The number of piperidine rings is 1. The number of nitrogens with one attached hydrogen (secondary N) is 3. The van der Waals surface area contributed by atoms with Crippen molar-refractivity contribution in [2.24, 2.45) is 0 Å². The Morgan fingerprint density at radius 3 is 2.59 bits per heavy atom. The van der Waals surface area contributed by atoms with Gasteiger partial charge in [-0.25, -0.2) is 9.72 Å². The van der Waals surface area contributed by atoms with Crippen molar-refractivity contribution in [1.82, 2.24) is 19.9 Å². The van der Waals surface area contributed by atoms with Crippen LogP contribution in [0.3, 0.4) is 0 Å². The molecule has 1 aliphatic heterocycles. The fourth-order valence-electron chi connectivity index (χ4n) is 3.61. The van der Waals surface area contributed by atoms with Crippen LogP contribution in [0, 0.1) is 5.21 Å². The Kier molecular flexibility index (Phi) is 4.18. The average molecular weight is 383 g/mol. The van der Waals surface area contributed by atoms with E-state index in [-0.39, 0.29) is 22.5 Å². The van der Waals surface area contributed by atoms with Crippen LogP contribution in [0.4, 0.5) is 18.9 Å². The Labute approximate surface area is 149 Å². The summed E-state index contributed by atoms with van der Waals surface area (Å²) in [5, 5.41) is 26.9. The average Bonchev–Trinajstić information content (AvgIpc) is 2.98. The molecular formula is C16H16F3N5O3. The molecule has 3 heterocycles. The Hall–Kier alpha value is -2.47. The number of quaternary nitrogens is 1. The van der Waals surface area contributed by atoms with Crippen LogP contribution in [0.5, 0.6) is 0 Å². The SMILES string of the molecule is O=c1cc(C2CCNCC2)n2nc3cc(C(F)(F)F)cc([NH+]([O-])O)c3c2[nH]1. The van der Waals surface area contributed by atoms with Crippen molar-refractivity contribution in [3.63, 3.8) is 0 Å². The van der Waals surface area contributed by atoms with Crippen molar-refractivity contribution in [3.8, 4) is 0 Å². The van der Waals surface area contributed by atoms with Crippen molar-refractivity contribution >= 4 is 22.2 Å². The molecule has 1 unspecified atom stereocenters. The Morgan fingerprint density at radius 1 is 1.26 bits per heavy atom. The Balaban J connectivity index is 2.05. The highest BCUT2D eigenvalue weighted by Gasteiger charge is 2.34. The van der Waals surface area contributed by atoms with Crippen molar-refractivity contribution in [3.05, 3.63) is 45.0 Å². The van der Waals surface area contributed by atoms with E-state index >= 15 is 0 Å². The quantitative estimate of drug-likeness (QED) is 0.495. The number of alkyl halides is 3. The zero-order valence-electron chi connectivity index (χ0n) is 13.9. The van der Waals surface area contributed by atoms with Gasteiger partial charge in [-0.05, 0) is 32.0 Å². The van der Waals surface area contributed by atoms with Crippen LogP contribution in [-0.2, 0) is 6.18 Å². The molecule has 0 aliphatic carbocycles. The van der Waals surface area contributed by atoms with Crippen molar-refractivity contribution < 1.29 is 23.6 Å². The summed E-state index contributed by atoms with van der Waals surface area (Å²) in [6.45, 7) is 1.50. The molecule has 1 aliphatic rings. The molecule has 0 amide bonds. The number of hydrogen-bond acceptors (Lipinski definition) is 5. The third kappa shape index (κ3) is 3.08. The van der Waals surface area contributed by atoms with Crippen LogP contribution in [-0.4, -0.2) is 32.9 Å². The van der Waals surface area contributed by atoms with Gasteiger partial charge in [-0.3, -0.25) is 4.79 Å². The van der Waals surface area contributed by atoms with Crippen LogP contribution >= 0.6 is 0 Å². The molecule has 4 rings (SSSR count). The molecule has 4 N–H and O–H groups in total. The number of hydrogen-bond donors (Lipinski definition) is 4. The van der Waals surface area contributed by atoms with Crippen molar-refractivity contribution in [2.45, 2.75) is 24.9 Å². The third-order valence-corrected chi connectivity index (χ3v) is 4.85. The van der Waals surface area contributed by atoms with Crippen molar-refractivity contribution in [1.29, 1.82) is 0 Å². The molecule has 0 radical (unpaired) electrons. The summed E-state index contributed by atoms with van der Waals surface area (Å²) >= 11 is 0. The zero-order chi connectivity index (χ0) is 19.3. The van der Waals surface area contributed by atoms with Gasteiger partial charge in [0, 0.05) is 18.1 Å². The van der Waals surface area contributed by atoms with Crippen LogP contribution in [0.25, 0.3) is 16.6 Å². The second kappa shape index (κ2) is 6.30. The van der Waals surface area contributed by atoms with Gasteiger partial charge in [0.1, 0.15) is 16.6 Å². The minimum Gasteiger partial charge on any atom is -0.595 e. The lowest BCUT2D eigenvalue weighted by atomic mass is 9.94. The maximum atomic E-state index is 13.2. The Bertz CT molecular complexity index is 1070. The fourth-order valence-corrected chi connectivity index (χ4v) is 3.61. The van der Waals surface area contributed by atoms with E-state index in [0.717, 1.165) is 32.0 Å². The predicted molar refractivity (Wildman–Crippen MR) is 88.9 cm³/mol. The molecule has 8 nitrogen and oxygen atoms in total. The van der Waals surface area contributed by atoms with E-state index in [1.165, 1.54) is 10.6 Å². The van der Waals surface area contributed by atoms with E-state index < -0.39 is 28.2 Å². The first-order valence-corrected chi connectivity index (χ1v) is 8.36. The topological polar surface area (TPSA) is 110 Å². The maximum absolute atomic E-state index is 13.2. The standard InChI is InChI=1S/C16H16F3N5O3/c17-16(18,19)9-5-10-14(12(6-9)24(26)27)15-21-13(25)7-11(23(15)22-10)8-1-3-20-4-2-8/h5-8,20,24,26H,1-4H2,(H,21,25). The molecule has 0 bridgehead atoms. The summed E-state index contributed by atoms with van der Waals surface area (Å²) < 4.78 is 40.8. The monoisotopic (exact) mass is 383 g/mol. The second-order valence-corrected chi connectivity index (χ2v) is 6.56. The highest BCUT2D eigenvalue weighted by atomic mass is 19.4. The lowest BCUT2D eigenvalue weighted by Gasteiger charge is -2.23. The number of fused-ring (bicyclic) bond motifs is 3. The van der Waals surface area contributed by atoms with Crippen molar-refractivity contribution in [2.75, 3.05) is 13.1 Å². The molecule has 2 aromatic heterocycles. The minimum atomic E-state index is -4.71. The van der Waals surface area contributed by atoms with Gasteiger partial charge in [0.05, 0.1) is 11.3 Å². The number of H-pyrrole nitrogens is 1. The number of aromatic amines is 1. The van der Waals surface area contributed by atoms with Gasteiger partial charge in [0.2, 0.25) is 0 Å². The molecule has 1 atom stereocenters. The highest BCUT2D eigenvalue weighted by Crippen LogP contribution is 2.36. The maximum Gasteiger partial charge on any atom is 0.416 e. The fraction of sp³-hybridized carbons (Fsp3) is 0.375. The lowest BCUT2D eigenvalue weighted by molar-refractivity contribution is -0.990. The molecule has 11 heteroatoms. The van der Waals surface area contributed by atoms with E-state index in [9.17, 15) is 28.4 Å². The van der Waals surface area contributed by atoms with Crippen LogP contribution in [0.15, 0.2) is 23.0 Å². The van der Waals surface area contributed by atoms with Gasteiger partial charge >= 0.3 is 6.18 Å². The van der Waals surface area contributed by atoms with Crippen LogP contribution in [0.1, 0.15) is 30.0 Å². The molecule has 1 saturated heterocycles. The minimum absolute atomic E-state index is 0.000673. The van der Waals surface area contributed by atoms with Gasteiger partial charge in [-0.1, -0.05) is 0 Å². The predicted octanol–water partition coefficient (Wildman–Crippen LogP) is 1.07. The number of benzene rings is 1. The smallest absolute Gasteiger partial charge is 0.416 e. The number of rotatable bonds is 2. The lowest BCUT2D eigenvalue weighted by Crippen LogP contribution is -2.99. The van der Waals surface area contributed by atoms with E-state index in [4.69, 9.17) is 0 Å². The van der Waals surface area contributed by atoms with Crippen LogP contribution in [0.2, 0.25) is 0 Å². The molecule has 0 saturated carbocycles. The zero-order valence-corrected chi connectivity index (χ0v) is 13.9. The number of halogens is 3. The van der Waals surface area contributed by atoms with E-state index in [0.29, 0.717) is 11.8 Å². The first kappa shape index (κ1) is 17.9. The summed E-state index contributed by atoms with van der Waals surface area (Å²) in [5.41, 5.74) is -1.56. The first-order valence-electron chi connectivity index (χ1n) is 8.36. The molecule has 1 fully saturated rings. The summed E-state index contributed by atoms with van der Waals surface area (Å²) in [5.74, 6) is 0.000673. The first-order chi connectivity index (χ1) is 12.8. The van der Waals surface area contributed by atoms with E-state index in [1.54, 1.807) is 0 Å². The normalized spacial score (nSPS) is 17.7. The highest BCUT2D eigenvalue weighted by molar-refractivity contribution is 6.00. The summed E-state index contributed by atoms with van der Waals surface area (Å²) in [4.78, 5) is 14.7. The Morgan fingerprint density at radius 2 is 1.96 bits per heavy atom. The molecule has 3 aromatic rings. The van der Waals surface area contributed by atoms with Gasteiger partial charge in [0.25, 0.3) is 5.56 Å². The molecular weight excluding hydrogens is 367 g/mol. The molecule has 0 spiro atoms. The largest absolute Gasteiger partial charge is 0.595 e. The summed E-state index contributed by atoms with van der Waals surface area (Å²) in [6.07, 6.45) is -3.22. The summed E-state index contributed by atoms with van der Waals surface area (Å²) in [7, 11) is 0. The van der Waals surface area contributed by atoms with Gasteiger partial charge in [0.15, 0.2) is 5.69 Å². The molecule has 27 heavy (non-hydrogen) atoms. The second-order valence-electron chi connectivity index (χ2n) is 6.56. The van der Waals surface area contributed by atoms with E-state index in [1.807, 2.05) is 0 Å². The van der Waals surface area contributed by atoms with Crippen LogP contribution < -0.4 is 16.1 Å². The van der Waals surface area contributed by atoms with Gasteiger partial charge in [-0.2, -0.15) is 23.5 Å². The summed E-state index contributed by atoms with van der Waals surface area (Å²) in [6, 6.07) is 2.75. The molecule has 144 valence electrons. The van der Waals surface area contributed by atoms with Gasteiger partial charge in [-0.15, -0.1) is 0 Å². The van der Waals surface area contributed by atoms with Gasteiger partial charge < -0.3 is 15.5 Å². The number of nitrogens with zero attached hydrogens (tertiary/aromatic N) is 2. The third-order valence-electron chi connectivity index (χ3n) is 4.85.